The van der Waals surface area contributed by atoms with Gasteiger partial charge >= 0.3 is 6.09 Å². The number of ether oxygens (including phenoxy) is 2. The van der Waals surface area contributed by atoms with E-state index in [1.807, 2.05) is 0 Å². The van der Waals surface area contributed by atoms with Gasteiger partial charge in [-0.25, -0.2) is 4.79 Å². The zero-order chi connectivity index (χ0) is 21.1. The SMILES string of the molecule is CCN(C(=O)OC(C)(C)C)C(C)C(=O)N[C@@H]1C(=O)Nc2ccccc2O[C@H]1C. The molecule has 0 aliphatic carbocycles. The molecule has 0 aromatic heterocycles. The van der Waals surface area contributed by atoms with Crippen molar-refractivity contribution < 1.29 is 23.9 Å². The van der Waals surface area contributed by atoms with Crippen molar-refractivity contribution >= 4 is 23.6 Å². The fourth-order valence-corrected chi connectivity index (χ4v) is 2.84. The highest BCUT2D eigenvalue weighted by Crippen LogP contribution is 2.28. The quantitative estimate of drug-likeness (QED) is 0.822. The van der Waals surface area contributed by atoms with E-state index in [2.05, 4.69) is 10.6 Å². The Bertz CT molecular complexity index is 744. The van der Waals surface area contributed by atoms with Crippen LogP contribution in [0.25, 0.3) is 0 Å². The smallest absolute Gasteiger partial charge is 0.410 e. The lowest BCUT2D eigenvalue weighted by Gasteiger charge is -2.31. The summed E-state index contributed by atoms with van der Waals surface area (Å²) >= 11 is 0. The lowest BCUT2D eigenvalue weighted by Crippen LogP contribution is -2.56. The number of para-hydroxylation sites is 2. The molecule has 1 aliphatic rings. The molecular weight excluding hydrogens is 362 g/mol. The number of nitrogens with zero attached hydrogens (tertiary/aromatic N) is 1. The van der Waals surface area contributed by atoms with Crippen LogP contribution in [0.1, 0.15) is 41.5 Å². The van der Waals surface area contributed by atoms with Crippen LogP contribution in [0.4, 0.5) is 10.5 Å². The number of benzene rings is 1. The Morgan fingerprint density at radius 3 is 2.57 bits per heavy atom. The van der Waals surface area contributed by atoms with Crippen LogP contribution >= 0.6 is 0 Å². The second kappa shape index (κ2) is 8.50. The minimum atomic E-state index is -0.903. The highest BCUT2D eigenvalue weighted by atomic mass is 16.6. The summed E-state index contributed by atoms with van der Waals surface area (Å²) in [5.74, 6) is -0.301. The molecule has 3 atom stereocenters. The molecule has 0 fully saturated rings. The Morgan fingerprint density at radius 1 is 1.32 bits per heavy atom. The van der Waals surface area contributed by atoms with Crippen molar-refractivity contribution in [3.05, 3.63) is 24.3 Å². The number of likely N-dealkylation sites (N-methyl/N-ethyl adjacent to an activating group) is 1. The van der Waals surface area contributed by atoms with Crippen molar-refractivity contribution in [1.82, 2.24) is 10.2 Å². The summed E-state index contributed by atoms with van der Waals surface area (Å²) in [6, 6.07) is 5.35. The van der Waals surface area contributed by atoms with E-state index in [1.54, 1.807) is 65.8 Å². The molecule has 1 aliphatic heterocycles. The van der Waals surface area contributed by atoms with Gasteiger partial charge in [-0.3, -0.25) is 14.5 Å². The van der Waals surface area contributed by atoms with E-state index in [0.717, 1.165) is 0 Å². The molecule has 8 nitrogen and oxygen atoms in total. The molecule has 1 unspecified atom stereocenters. The van der Waals surface area contributed by atoms with E-state index in [4.69, 9.17) is 9.47 Å². The first kappa shape index (κ1) is 21.5. The molecule has 1 heterocycles. The Hall–Kier alpha value is -2.77. The van der Waals surface area contributed by atoms with Crippen molar-refractivity contribution in [1.29, 1.82) is 0 Å². The van der Waals surface area contributed by atoms with Gasteiger partial charge in [0.05, 0.1) is 5.69 Å². The standard InChI is InChI=1S/C20H29N3O5/c1-7-23(19(26)28-20(4,5)6)12(2)17(24)22-16-13(3)27-15-11-9-8-10-14(15)21-18(16)25/h8-13,16H,7H2,1-6H3,(H,21,25)(H,22,24)/t12?,13-,16-/m0/s1. The van der Waals surface area contributed by atoms with E-state index in [-0.39, 0.29) is 12.5 Å². The molecule has 2 rings (SSSR count). The van der Waals surface area contributed by atoms with Gasteiger partial charge in [0.15, 0.2) is 0 Å². The van der Waals surface area contributed by atoms with Crippen molar-refractivity contribution in [3.8, 4) is 5.75 Å². The van der Waals surface area contributed by atoms with Gasteiger partial charge in [0.25, 0.3) is 5.91 Å². The maximum Gasteiger partial charge on any atom is 0.410 e. The first-order valence-corrected chi connectivity index (χ1v) is 9.40. The highest BCUT2D eigenvalue weighted by molar-refractivity contribution is 6.00. The Morgan fingerprint density at radius 2 is 1.96 bits per heavy atom. The minimum Gasteiger partial charge on any atom is -0.486 e. The van der Waals surface area contributed by atoms with Gasteiger partial charge in [0.2, 0.25) is 5.91 Å². The van der Waals surface area contributed by atoms with Crippen LogP contribution in [-0.4, -0.2) is 53.1 Å². The summed E-state index contributed by atoms with van der Waals surface area (Å²) in [5, 5.41) is 5.46. The van der Waals surface area contributed by atoms with Crippen molar-refractivity contribution in [3.63, 3.8) is 0 Å². The maximum atomic E-state index is 12.8. The molecule has 0 radical (unpaired) electrons. The van der Waals surface area contributed by atoms with Crippen LogP contribution in [-0.2, 0) is 14.3 Å². The zero-order valence-corrected chi connectivity index (χ0v) is 17.2. The third kappa shape index (κ3) is 5.15. The predicted molar refractivity (Wildman–Crippen MR) is 105 cm³/mol. The van der Waals surface area contributed by atoms with Gasteiger partial charge in [-0.2, -0.15) is 0 Å². The molecule has 0 spiro atoms. The molecule has 0 saturated heterocycles. The maximum absolute atomic E-state index is 12.8. The van der Waals surface area contributed by atoms with Crippen LogP contribution in [0, 0.1) is 0 Å². The van der Waals surface area contributed by atoms with Gasteiger partial charge in [-0.05, 0) is 53.7 Å². The highest BCUT2D eigenvalue weighted by Gasteiger charge is 2.35. The summed E-state index contributed by atoms with van der Waals surface area (Å²) in [4.78, 5) is 39.1. The zero-order valence-electron chi connectivity index (χ0n) is 17.2. The summed E-state index contributed by atoms with van der Waals surface area (Å²) in [6.45, 7) is 10.6. The van der Waals surface area contributed by atoms with E-state index in [0.29, 0.717) is 11.4 Å². The van der Waals surface area contributed by atoms with Crippen LogP contribution in [0.2, 0.25) is 0 Å². The lowest BCUT2D eigenvalue weighted by molar-refractivity contribution is -0.131. The van der Waals surface area contributed by atoms with Gasteiger partial charge in [-0.15, -0.1) is 0 Å². The molecule has 154 valence electrons. The molecule has 1 aromatic carbocycles. The number of hydrogen-bond acceptors (Lipinski definition) is 5. The molecule has 1 aromatic rings. The van der Waals surface area contributed by atoms with Gasteiger partial charge in [0.1, 0.15) is 29.5 Å². The van der Waals surface area contributed by atoms with Crippen molar-refractivity contribution in [2.45, 2.75) is 65.3 Å². The number of nitrogens with one attached hydrogen (secondary N) is 2. The predicted octanol–water partition coefficient (Wildman–Crippen LogP) is 2.54. The molecule has 3 amide bonds. The van der Waals surface area contributed by atoms with Gasteiger partial charge in [0, 0.05) is 6.54 Å². The number of anilines is 1. The largest absolute Gasteiger partial charge is 0.486 e. The number of fused-ring (bicyclic) bond motifs is 1. The topological polar surface area (TPSA) is 97.0 Å². The molecule has 28 heavy (non-hydrogen) atoms. The summed E-state index contributed by atoms with van der Waals surface area (Å²) < 4.78 is 11.2. The number of rotatable bonds is 4. The number of amides is 3. The average molecular weight is 391 g/mol. The van der Waals surface area contributed by atoms with Crippen LogP contribution in [0.3, 0.4) is 0 Å². The fourth-order valence-electron chi connectivity index (χ4n) is 2.84. The monoisotopic (exact) mass is 391 g/mol. The molecular formula is C20H29N3O5. The molecule has 0 saturated carbocycles. The summed E-state index contributed by atoms with van der Waals surface area (Å²) in [7, 11) is 0. The van der Waals surface area contributed by atoms with E-state index in [1.165, 1.54) is 4.90 Å². The van der Waals surface area contributed by atoms with Gasteiger partial charge < -0.3 is 20.1 Å². The first-order chi connectivity index (χ1) is 13.0. The summed E-state index contributed by atoms with van der Waals surface area (Å²) in [5.41, 5.74) is -0.121. The summed E-state index contributed by atoms with van der Waals surface area (Å²) in [6.07, 6.45) is -1.17. The van der Waals surface area contributed by atoms with Crippen LogP contribution in [0.15, 0.2) is 24.3 Å². The van der Waals surface area contributed by atoms with Crippen LogP contribution in [0.5, 0.6) is 5.75 Å². The second-order valence-corrected chi connectivity index (χ2v) is 7.74. The molecule has 8 heteroatoms. The van der Waals surface area contributed by atoms with Crippen molar-refractivity contribution in [2.75, 3.05) is 11.9 Å². The van der Waals surface area contributed by atoms with Crippen LogP contribution < -0.4 is 15.4 Å². The first-order valence-electron chi connectivity index (χ1n) is 9.40. The van der Waals surface area contributed by atoms with E-state index >= 15 is 0 Å². The number of carbonyl (C=O) groups excluding carboxylic acids is 3. The lowest BCUT2D eigenvalue weighted by atomic mass is 10.1. The number of carbonyl (C=O) groups is 3. The minimum absolute atomic E-state index is 0.290. The third-order valence-electron chi connectivity index (χ3n) is 4.32. The molecule has 2 N–H and O–H groups in total. The number of hydrogen-bond donors (Lipinski definition) is 2. The Kier molecular flexibility index (Phi) is 6.53. The molecule has 0 bridgehead atoms. The van der Waals surface area contributed by atoms with E-state index < -0.39 is 35.8 Å². The van der Waals surface area contributed by atoms with Gasteiger partial charge in [-0.1, -0.05) is 12.1 Å². The normalized spacial score (nSPS) is 20.0. The Labute approximate surface area is 165 Å². The van der Waals surface area contributed by atoms with E-state index in [9.17, 15) is 14.4 Å². The third-order valence-corrected chi connectivity index (χ3v) is 4.32. The second-order valence-electron chi connectivity index (χ2n) is 7.74. The Balaban J connectivity index is 2.10. The fraction of sp³-hybridized carbons (Fsp3) is 0.550. The average Bonchev–Trinajstić information content (AvgIpc) is 2.70. The van der Waals surface area contributed by atoms with Crippen molar-refractivity contribution in [2.24, 2.45) is 0 Å².